The maximum absolute atomic E-state index is 11.7. The van der Waals surface area contributed by atoms with Crippen LogP contribution in [-0.2, 0) is 28.4 Å². The second kappa shape index (κ2) is 18.3. The Morgan fingerprint density at radius 2 is 1.08 bits per heavy atom. The third-order valence-electron chi connectivity index (χ3n) is 19.6. The fourth-order valence-corrected chi connectivity index (χ4v) is 15.2. The van der Waals surface area contributed by atoms with Crippen molar-refractivity contribution in [1.82, 2.24) is 0 Å². The standard InChI is InChI=1S/C48H80O18/c1-43(2)16-23-22-8-9-28-45(4)12-11-30(46(5,21-52)27(45)10-13-48(28,7)47(22,6)15-14-44(23,3)29(53)17-43)64-41-38(35(58)32(55)25(19-50)62-41)66-42-39(36(59)33(56)26(20-51)63-42)65-40-37(60)34(57)31(54)24(18-49)61-40/h8,23-42,49-60H,9-21H2,1-7H3/t23-,24+,25+,26+,27+,28+,29+,30-,31+,32+,33-,34-,35-,36-,37+,38+,39+,40-,41-,42-,44+,45-,46+,47+,48+/m0/s1. The summed E-state index contributed by atoms with van der Waals surface area (Å²) >= 11 is 0. The van der Waals surface area contributed by atoms with Gasteiger partial charge >= 0.3 is 0 Å². The van der Waals surface area contributed by atoms with Crippen molar-refractivity contribution < 1.29 is 89.7 Å². The molecule has 0 unspecified atom stereocenters. The van der Waals surface area contributed by atoms with Gasteiger partial charge in [0.2, 0.25) is 0 Å². The molecule has 7 fully saturated rings. The Balaban J connectivity index is 1.06. The summed E-state index contributed by atoms with van der Waals surface area (Å²) in [5.74, 6) is 0.545. The number of ether oxygens (including phenoxy) is 6. The van der Waals surface area contributed by atoms with E-state index in [0.29, 0.717) is 12.3 Å². The highest BCUT2D eigenvalue weighted by Gasteiger charge is 2.70. The molecule has 0 aromatic rings. The van der Waals surface area contributed by atoms with Crippen LogP contribution < -0.4 is 0 Å². The van der Waals surface area contributed by atoms with E-state index in [1.165, 1.54) is 5.57 Å². The lowest BCUT2D eigenvalue weighted by molar-refractivity contribution is -0.399. The van der Waals surface area contributed by atoms with Gasteiger partial charge in [0, 0.05) is 10.8 Å². The maximum atomic E-state index is 11.7. The molecule has 0 bridgehead atoms. The zero-order chi connectivity index (χ0) is 48.3. The molecule has 25 atom stereocenters. The zero-order valence-corrected chi connectivity index (χ0v) is 39.6. The Labute approximate surface area is 387 Å². The third-order valence-corrected chi connectivity index (χ3v) is 19.6. The van der Waals surface area contributed by atoms with E-state index in [9.17, 15) is 61.3 Å². The minimum atomic E-state index is -1.92. The highest BCUT2D eigenvalue weighted by Crippen LogP contribution is 2.76. The van der Waals surface area contributed by atoms with Crippen molar-refractivity contribution in [1.29, 1.82) is 0 Å². The van der Waals surface area contributed by atoms with E-state index in [1.807, 2.05) is 6.92 Å². The monoisotopic (exact) mass is 945 g/mol. The molecule has 8 aliphatic rings. The molecule has 8 rings (SSSR count). The van der Waals surface area contributed by atoms with Crippen molar-refractivity contribution in [3.05, 3.63) is 11.6 Å². The van der Waals surface area contributed by atoms with Gasteiger partial charge in [-0.15, -0.1) is 0 Å². The highest BCUT2D eigenvalue weighted by atomic mass is 16.8. The van der Waals surface area contributed by atoms with Crippen LogP contribution in [0.5, 0.6) is 0 Å². The number of rotatable bonds is 10. The van der Waals surface area contributed by atoms with Gasteiger partial charge < -0.3 is 89.7 Å². The first-order valence-electron chi connectivity index (χ1n) is 24.4. The molecule has 12 N–H and O–H groups in total. The molecule has 4 saturated carbocycles. The highest BCUT2D eigenvalue weighted by molar-refractivity contribution is 5.34. The summed E-state index contributed by atoms with van der Waals surface area (Å²) in [6.07, 6.45) is -16.5. The van der Waals surface area contributed by atoms with Crippen LogP contribution >= 0.6 is 0 Å². The number of fused-ring (bicyclic) bond motifs is 7. The summed E-state index contributed by atoms with van der Waals surface area (Å²) in [5.41, 5.74) is 0.159. The molecule has 18 nitrogen and oxygen atoms in total. The van der Waals surface area contributed by atoms with Crippen LogP contribution in [0, 0.1) is 50.2 Å². The lowest BCUT2D eigenvalue weighted by Gasteiger charge is -2.72. The molecule has 0 aromatic heterocycles. The van der Waals surface area contributed by atoms with E-state index in [2.05, 4.69) is 47.6 Å². The number of aliphatic hydroxyl groups is 12. The first-order chi connectivity index (χ1) is 30.9. The molecular weight excluding hydrogens is 865 g/mol. The Kier molecular flexibility index (Phi) is 14.2. The van der Waals surface area contributed by atoms with E-state index in [1.54, 1.807) is 0 Å². The first-order valence-corrected chi connectivity index (χ1v) is 24.4. The van der Waals surface area contributed by atoms with Crippen LogP contribution in [0.3, 0.4) is 0 Å². The van der Waals surface area contributed by atoms with Crippen LogP contribution in [0.25, 0.3) is 0 Å². The van der Waals surface area contributed by atoms with Crippen LogP contribution in [0.2, 0.25) is 0 Å². The summed E-state index contributed by atoms with van der Waals surface area (Å²) < 4.78 is 36.5. The average molecular weight is 945 g/mol. The van der Waals surface area contributed by atoms with Crippen molar-refractivity contribution in [3.63, 3.8) is 0 Å². The summed E-state index contributed by atoms with van der Waals surface area (Å²) in [5, 5.41) is 130. The van der Waals surface area contributed by atoms with E-state index in [4.69, 9.17) is 28.4 Å². The van der Waals surface area contributed by atoms with E-state index < -0.39 is 123 Å². The molecule has 3 aliphatic heterocycles. The Hall–Kier alpha value is -0.980. The fraction of sp³-hybridized carbons (Fsp3) is 0.958. The molecule has 0 aromatic carbocycles. The lowest BCUT2D eigenvalue weighted by atomic mass is 9.33. The smallest absolute Gasteiger partial charge is 0.187 e. The van der Waals surface area contributed by atoms with Crippen molar-refractivity contribution >= 4 is 0 Å². The second-order valence-corrected chi connectivity index (χ2v) is 23.6. The van der Waals surface area contributed by atoms with E-state index >= 15 is 0 Å². The van der Waals surface area contributed by atoms with Gasteiger partial charge in [0.1, 0.15) is 73.2 Å². The molecular formula is C48H80O18. The Morgan fingerprint density at radius 3 is 1.64 bits per heavy atom. The zero-order valence-electron chi connectivity index (χ0n) is 39.6. The van der Waals surface area contributed by atoms with Gasteiger partial charge in [-0.25, -0.2) is 0 Å². The van der Waals surface area contributed by atoms with Gasteiger partial charge in [0.05, 0.1) is 38.6 Å². The second-order valence-electron chi connectivity index (χ2n) is 23.6. The summed E-state index contributed by atoms with van der Waals surface area (Å²) in [7, 11) is 0. The quantitative estimate of drug-likeness (QED) is 0.0979. The molecule has 3 saturated heterocycles. The van der Waals surface area contributed by atoms with Crippen LogP contribution in [0.15, 0.2) is 11.6 Å². The van der Waals surface area contributed by atoms with Gasteiger partial charge in [0.15, 0.2) is 18.9 Å². The Bertz CT molecular complexity index is 1750. The normalized spacial score (nSPS) is 56.0. The van der Waals surface area contributed by atoms with E-state index in [-0.39, 0.29) is 51.6 Å². The minimum Gasteiger partial charge on any atom is -0.396 e. The average Bonchev–Trinajstić information content (AvgIpc) is 3.27. The van der Waals surface area contributed by atoms with Gasteiger partial charge in [0.25, 0.3) is 0 Å². The van der Waals surface area contributed by atoms with Crippen molar-refractivity contribution in [3.8, 4) is 0 Å². The molecule has 5 aliphatic carbocycles. The number of hydrogen-bond acceptors (Lipinski definition) is 18. The van der Waals surface area contributed by atoms with Crippen molar-refractivity contribution in [2.45, 2.75) is 211 Å². The Morgan fingerprint density at radius 1 is 0.545 bits per heavy atom. The molecule has 380 valence electrons. The van der Waals surface area contributed by atoms with Gasteiger partial charge in [-0.2, -0.15) is 0 Å². The third kappa shape index (κ3) is 7.91. The topological polar surface area (TPSA) is 298 Å². The van der Waals surface area contributed by atoms with Crippen LogP contribution in [-0.4, -0.2) is 192 Å². The van der Waals surface area contributed by atoms with Crippen LogP contribution in [0.1, 0.15) is 106 Å². The van der Waals surface area contributed by atoms with Crippen molar-refractivity contribution in [2.24, 2.45) is 50.2 Å². The van der Waals surface area contributed by atoms with E-state index in [0.717, 1.165) is 51.4 Å². The predicted molar refractivity (Wildman–Crippen MR) is 231 cm³/mol. The molecule has 66 heavy (non-hydrogen) atoms. The van der Waals surface area contributed by atoms with Gasteiger partial charge in [-0.1, -0.05) is 60.1 Å². The first kappa shape index (κ1) is 51.4. The lowest BCUT2D eigenvalue weighted by Crippen LogP contribution is -2.68. The summed E-state index contributed by atoms with van der Waals surface area (Å²) in [4.78, 5) is 0. The summed E-state index contributed by atoms with van der Waals surface area (Å²) in [6, 6.07) is 0. The SMILES string of the molecule is CC1(C)C[C@@H](O)[C@]2(C)CC[C@]3(C)C(=CC[C@@H]4[C@@]5(C)CC[C@H](O[C@@H]6O[C@H](CO)[C@@H](O)[C@H](O)[C@H]6O[C@@H]6O[C@H](CO)[C@H](O)[C@H](O)[C@H]6O[C@@H]6O[C@H](CO)[C@@H](O)[C@H](O)[C@H]6O)[C@](C)(CO)[C@@H]5CC[C@]43C)[C@@H]2C1. The molecule has 0 spiro atoms. The maximum Gasteiger partial charge on any atom is 0.187 e. The van der Waals surface area contributed by atoms with Crippen molar-refractivity contribution in [2.75, 3.05) is 26.4 Å². The number of aliphatic hydroxyl groups excluding tert-OH is 12. The van der Waals surface area contributed by atoms with Gasteiger partial charge in [-0.3, -0.25) is 0 Å². The van der Waals surface area contributed by atoms with Gasteiger partial charge in [-0.05, 0) is 97.2 Å². The fourth-order valence-electron chi connectivity index (χ4n) is 15.2. The number of allylic oxidation sites excluding steroid dienone is 2. The molecule has 0 radical (unpaired) electrons. The summed E-state index contributed by atoms with van der Waals surface area (Å²) in [6.45, 7) is 13.6. The molecule has 18 heteroatoms. The van der Waals surface area contributed by atoms with Crippen LogP contribution in [0.4, 0.5) is 0 Å². The predicted octanol–water partition coefficient (Wildman–Crippen LogP) is -0.415. The minimum absolute atomic E-state index is 0.0262. The largest absolute Gasteiger partial charge is 0.396 e. The molecule has 3 heterocycles. The molecule has 0 amide bonds. The number of hydrogen-bond donors (Lipinski definition) is 12.